The second kappa shape index (κ2) is 7.21. The fraction of sp³-hybridized carbons (Fsp3) is 0.409. The van der Waals surface area contributed by atoms with E-state index in [-0.39, 0.29) is 11.9 Å². The van der Waals surface area contributed by atoms with Crippen molar-refractivity contribution >= 4 is 5.91 Å². The predicted molar refractivity (Wildman–Crippen MR) is 99.5 cm³/mol. The number of hydrogen-bond donors (Lipinski definition) is 1. The van der Waals surface area contributed by atoms with Gasteiger partial charge in [-0.2, -0.15) is 0 Å². The number of nitrogens with one attached hydrogen (secondary N) is 1. The van der Waals surface area contributed by atoms with Crippen LogP contribution in [0.2, 0.25) is 0 Å². The molecule has 0 fully saturated rings. The van der Waals surface area contributed by atoms with E-state index < -0.39 is 0 Å². The quantitative estimate of drug-likeness (QED) is 0.837. The van der Waals surface area contributed by atoms with Gasteiger partial charge in [0, 0.05) is 5.56 Å². The average Bonchev–Trinajstić information content (AvgIpc) is 2.61. The van der Waals surface area contributed by atoms with Crippen LogP contribution < -0.4 is 5.32 Å². The van der Waals surface area contributed by atoms with Crippen LogP contribution in [0.3, 0.4) is 0 Å². The minimum atomic E-state index is 0.0164. The van der Waals surface area contributed by atoms with E-state index in [0.717, 1.165) is 17.5 Å². The lowest BCUT2D eigenvalue weighted by Crippen LogP contribution is -2.28. The maximum atomic E-state index is 12.6. The third-order valence-electron chi connectivity index (χ3n) is 5.26. The zero-order valence-corrected chi connectivity index (χ0v) is 15.0. The summed E-state index contributed by atoms with van der Waals surface area (Å²) in [5, 5.41) is 3.21. The van der Waals surface area contributed by atoms with Gasteiger partial charge in [-0.1, -0.05) is 31.2 Å². The summed E-state index contributed by atoms with van der Waals surface area (Å²) in [6, 6.07) is 12.7. The minimum Gasteiger partial charge on any atom is -0.345 e. The first-order chi connectivity index (χ1) is 11.6. The monoisotopic (exact) mass is 321 g/mol. The van der Waals surface area contributed by atoms with Crippen LogP contribution in [0.25, 0.3) is 0 Å². The van der Waals surface area contributed by atoms with Gasteiger partial charge in [0.2, 0.25) is 0 Å². The summed E-state index contributed by atoms with van der Waals surface area (Å²) in [5.74, 6) is 0.0164. The molecule has 1 atom stereocenters. The van der Waals surface area contributed by atoms with E-state index in [1.54, 1.807) is 0 Å². The van der Waals surface area contributed by atoms with Crippen LogP contribution in [0.5, 0.6) is 0 Å². The lowest BCUT2D eigenvalue weighted by atomic mass is 9.88. The molecule has 24 heavy (non-hydrogen) atoms. The van der Waals surface area contributed by atoms with E-state index in [1.807, 2.05) is 25.1 Å². The first kappa shape index (κ1) is 16.8. The lowest BCUT2D eigenvalue weighted by molar-refractivity contribution is 0.0935. The molecule has 3 rings (SSSR count). The van der Waals surface area contributed by atoms with Gasteiger partial charge in [0.15, 0.2) is 0 Å². The molecule has 1 aliphatic carbocycles. The summed E-state index contributed by atoms with van der Waals surface area (Å²) in [7, 11) is 0. The van der Waals surface area contributed by atoms with Gasteiger partial charge in [0.05, 0.1) is 6.04 Å². The average molecular weight is 321 g/mol. The van der Waals surface area contributed by atoms with E-state index in [1.165, 1.54) is 47.9 Å². The molecule has 2 heteroatoms. The van der Waals surface area contributed by atoms with Crippen molar-refractivity contribution in [3.63, 3.8) is 0 Å². The van der Waals surface area contributed by atoms with Gasteiger partial charge in [0.25, 0.3) is 5.91 Å². The number of benzene rings is 2. The van der Waals surface area contributed by atoms with Gasteiger partial charge < -0.3 is 5.32 Å². The van der Waals surface area contributed by atoms with Crippen LogP contribution in [0.15, 0.2) is 36.4 Å². The highest BCUT2D eigenvalue weighted by molar-refractivity contribution is 5.94. The van der Waals surface area contributed by atoms with Gasteiger partial charge in [-0.3, -0.25) is 4.79 Å². The molecule has 126 valence electrons. The number of hydrogen-bond acceptors (Lipinski definition) is 1. The Hall–Kier alpha value is -2.09. The van der Waals surface area contributed by atoms with Crippen LogP contribution in [-0.2, 0) is 12.8 Å². The van der Waals surface area contributed by atoms with Crippen LogP contribution >= 0.6 is 0 Å². The topological polar surface area (TPSA) is 29.1 Å². The summed E-state index contributed by atoms with van der Waals surface area (Å²) in [4.78, 5) is 12.6. The molecule has 0 heterocycles. The normalized spacial score (nSPS) is 14.8. The molecule has 0 radical (unpaired) electrons. The number of carbonyl (C=O) groups is 1. The molecule has 0 bridgehead atoms. The molecular formula is C22H27NO. The molecule has 2 aromatic carbocycles. The molecule has 0 saturated carbocycles. The van der Waals surface area contributed by atoms with Crippen molar-refractivity contribution in [1.82, 2.24) is 5.32 Å². The van der Waals surface area contributed by atoms with Crippen LogP contribution in [0.4, 0.5) is 0 Å². The lowest BCUT2D eigenvalue weighted by Gasteiger charge is -2.22. The minimum absolute atomic E-state index is 0.0164. The fourth-order valence-electron chi connectivity index (χ4n) is 3.52. The Morgan fingerprint density at radius 2 is 1.75 bits per heavy atom. The van der Waals surface area contributed by atoms with Crippen molar-refractivity contribution in [2.75, 3.05) is 0 Å². The Kier molecular flexibility index (Phi) is 5.03. The van der Waals surface area contributed by atoms with Gasteiger partial charge in [-0.15, -0.1) is 0 Å². The highest BCUT2D eigenvalue weighted by atomic mass is 16.1. The summed E-state index contributed by atoms with van der Waals surface area (Å²) in [5.41, 5.74) is 7.31. The zero-order chi connectivity index (χ0) is 17.1. The van der Waals surface area contributed by atoms with Gasteiger partial charge in [-0.25, -0.2) is 0 Å². The largest absolute Gasteiger partial charge is 0.345 e. The third-order valence-corrected chi connectivity index (χ3v) is 5.26. The molecular weight excluding hydrogens is 294 g/mol. The van der Waals surface area contributed by atoms with Gasteiger partial charge in [-0.05, 0) is 85.9 Å². The van der Waals surface area contributed by atoms with Crippen LogP contribution in [0.1, 0.15) is 70.4 Å². The second-order valence-electron chi connectivity index (χ2n) is 6.97. The van der Waals surface area contributed by atoms with E-state index in [9.17, 15) is 4.79 Å². The number of amides is 1. The Morgan fingerprint density at radius 1 is 1.00 bits per heavy atom. The Labute approximate surface area is 145 Å². The molecule has 2 nitrogen and oxygen atoms in total. The SMILES string of the molecule is CCC(NC(=O)c1ccc(C)c(C)c1)c1ccc2c(c1)CCCC2. The Morgan fingerprint density at radius 3 is 2.46 bits per heavy atom. The van der Waals surface area contributed by atoms with E-state index in [4.69, 9.17) is 0 Å². The van der Waals surface area contributed by atoms with Crippen LogP contribution in [0, 0.1) is 13.8 Å². The first-order valence-corrected chi connectivity index (χ1v) is 9.08. The number of aryl methyl sites for hydroxylation is 4. The van der Waals surface area contributed by atoms with Crippen LogP contribution in [-0.4, -0.2) is 5.91 Å². The summed E-state index contributed by atoms with van der Waals surface area (Å²) >= 11 is 0. The summed E-state index contributed by atoms with van der Waals surface area (Å²) in [6.45, 7) is 6.25. The standard InChI is InChI=1S/C22H27NO/c1-4-21(19-12-11-17-7-5-6-8-18(17)14-19)23-22(24)20-10-9-15(2)16(3)13-20/h9-14,21H,4-8H2,1-3H3,(H,23,24). The second-order valence-corrected chi connectivity index (χ2v) is 6.97. The summed E-state index contributed by atoms with van der Waals surface area (Å²) < 4.78 is 0. The van der Waals surface area contributed by atoms with Crippen molar-refractivity contribution in [1.29, 1.82) is 0 Å². The molecule has 0 aliphatic heterocycles. The van der Waals surface area contributed by atoms with Crippen molar-refractivity contribution in [3.8, 4) is 0 Å². The van der Waals surface area contributed by atoms with Crippen molar-refractivity contribution in [3.05, 3.63) is 69.8 Å². The number of carbonyl (C=O) groups excluding carboxylic acids is 1. The van der Waals surface area contributed by atoms with E-state index >= 15 is 0 Å². The zero-order valence-electron chi connectivity index (χ0n) is 15.0. The number of rotatable bonds is 4. The molecule has 1 N–H and O–H groups in total. The summed E-state index contributed by atoms with van der Waals surface area (Å²) in [6.07, 6.45) is 5.84. The smallest absolute Gasteiger partial charge is 0.251 e. The Balaban J connectivity index is 1.79. The maximum Gasteiger partial charge on any atom is 0.251 e. The third kappa shape index (κ3) is 3.53. The van der Waals surface area contributed by atoms with Crippen molar-refractivity contribution in [2.24, 2.45) is 0 Å². The maximum absolute atomic E-state index is 12.6. The highest BCUT2D eigenvalue weighted by Gasteiger charge is 2.17. The van der Waals surface area contributed by atoms with Gasteiger partial charge >= 0.3 is 0 Å². The molecule has 0 saturated heterocycles. The molecule has 1 amide bonds. The molecule has 1 unspecified atom stereocenters. The molecule has 0 aromatic heterocycles. The fourth-order valence-corrected chi connectivity index (χ4v) is 3.52. The highest BCUT2D eigenvalue weighted by Crippen LogP contribution is 2.26. The van der Waals surface area contributed by atoms with E-state index in [2.05, 4.69) is 37.4 Å². The van der Waals surface area contributed by atoms with Gasteiger partial charge in [0.1, 0.15) is 0 Å². The number of fused-ring (bicyclic) bond motifs is 1. The van der Waals surface area contributed by atoms with E-state index in [0.29, 0.717) is 0 Å². The molecule has 2 aromatic rings. The first-order valence-electron chi connectivity index (χ1n) is 9.08. The Bertz CT molecular complexity index is 748. The predicted octanol–water partition coefficient (Wildman–Crippen LogP) is 5.06. The molecule has 1 aliphatic rings. The van der Waals surface area contributed by atoms with Crippen molar-refractivity contribution in [2.45, 2.75) is 58.9 Å². The van der Waals surface area contributed by atoms with Crippen molar-refractivity contribution < 1.29 is 4.79 Å². The molecule has 0 spiro atoms.